The van der Waals surface area contributed by atoms with Crippen LogP contribution in [-0.2, 0) is 14.3 Å². The van der Waals surface area contributed by atoms with Crippen LogP contribution in [0.15, 0.2) is 12.2 Å². The number of allylic oxidation sites excluding steroid dienone is 2. The maximum atomic E-state index is 12.9. The van der Waals surface area contributed by atoms with Gasteiger partial charge >= 0.3 is 5.97 Å². The number of hydrogen-bond acceptors (Lipinski definition) is 5. The van der Waals surface area contributed by atoms with E-state index in [1.54, 1.807) is 20.8 Å². The second-order valence-electron chi connectivity index (χ2n) is 6.69. The van der Waals surface area contributed by atoms with Crippen molar-refractivity contribution in [1.29, 1.82) is 0 Å². The molecule has 0 spiro atoms. The molecule has 7 heteroatoms. The average molecular weight is 358 g/mol. The van der Waals surface area contributed by atoms with Gasteiger partial charge in [-0.1, -0.05) is 12.2 Å². The molecule has 0 radical (unpaired) electrons. The van der Waals surface area contributed by atoms with Crippen LogP contribution in [0.3, 0.4) is 0 Å². The molecule has 7 nitrogen and oxygen atoms in total. The Morgan fingerprint density at radius 2 is 1.62 bits per heavy atom. The highest BCUT2D eigenvalue weighted by Gasteiger charge is 2.48. The van der Waals surface area contributed by atoms with Gasteiger partial charge in [0.1, 0.15) is 0 Å². The van der Waals surface area contributed by atoms with Crippen LogP contribution in [0.5, 0.6) is 0 Å². The number of amides is 2. The number of nitrogens with zero attached hydrogens (tertiary/aromatic N) is 1. The number of aromatic amines is 1. The lowest BCUT2D eigenvalue weighted by Crippen LogP contribution is -2.36. The second-order valence-corrected chi connectivity index (χ2v) is 6.69. The summed E-state index contributed by atoms with van der Waals surface area (Å²) in [6.45, 7) is 4.89. The third kappa shape index (κ3) is 2.87. The largest absolute Gasteiger partial charge is 0.462 e. The number of hydrogen-bond donors (Lipinski definition) is 1. The Balaban J connectivity index is 1.86. The standard InChI is InChI=1S/C19H22N2O5/c1-4-26-19(25)16-11(3)20-10(2)15(16)14(22)9-21-17(23)12-7-5-6-8-13(12)18(21)24/h5-6,12-13,20H,4,7-9H2,1-3H3/t12-,13+. The highest BCUT2D eigenvalue weighted by Crippen LogP contribution is 2.35. The first-order valence-corrected chi connectivity index (χ1v) is 8.76. The molecule has 1 N–H and O–H groups in total. The van der Waals surface area contributed by atoms with Crippen molar-refractivity contribution in [3.8, 4) is 0 Å². The SMILES string of the molecule is CCOC(=O)c1c(C)[nH]c(C)c1C(=O)CN1C(=O)[C@H]2CC=CC[C@H]2C1=O. The van der Waals surface area contributed by atoms with Crippen molar-refractivity contribution in [2.24, 2.45) is 11.8 Å². The third-order valence-electron chi connectivity index (χ3n) is 5.03. The second kappa shape index (κ2) is 6.90. The van der Waals surface area contributed by atoms with Crippen molar-refractivity contribution < 1.29 is 23.9 Å². The van der Waals surface area contributed by atoms with Crippen molar-refractivity contribution >= 4 is 23.6 Å². The molecule has 0 unspecified atom stereocenters. The van der Waals surface area contributed by atoms with Crippen LogP contribution in [0.4, 0.5) is 0 Å². The number of rotatable bonds is 5. The van der Waals surface area contributed by atoms with Crippen LogP contribution in [0.1, 0.15) is 51.9 Å². The molecule has 0 aromatic carbocycles. The summed E-state index contributed by atoms with van der Waals surface area (Å²) in [5.41, 5.74) is 1.41. The summed E-state index contributed by atoms with van der Waals surface area (Å²) in [6.07, 6.45) is 4.85. The normalized spacial score (nSPS) is 21.9. The fourth-order valence-corrected chi connectivity index (χ4v) is 3.84. The number of H-pyrrole nitrogens is 1. The minimum atomic E-state index is -0.588. The van der Waals surface area contributed by atoms with E-state index in [1.807, 2.05) is 12.2 Å². The summed E-state index contributed by atoms with van der Waals surface area (Å²) in [5, 5.41) is 0. The van der Waals surface area contributed by atoms with Crippen molar-refractivity contribution in [3.63, 3.8) is 0 Å². The van der Waals surface area contributed by atoms with E-state index in [4.69, 9.17) is 4.74 Å². The Morgan fingerprint density at radius 1 is 1.08 bits per heavy atom. The number of aryl methyl sites for hydroxylation is 2. The van der Waals surface area contributed by atoms with Gasteiger partial charge in [0.05, 0.1) is 36.1 Å². The lowest BCUT2D eigenvalue weighted by molar-refractivity contribution is -0.139. The van der Waals surface area contributed by atoms with Gasteiger partial charge in [0.25, 0.3) is 0 Å². The fourth-order valence-electron chi connectivity index (χ4n) is 3.84. The van der Waals surface area contributed by atoms with E-state index in [0.717, 1.165) is 4.90 Å². The molecule has 3 rings (SSSR count). The van der Waals surface area contributed by atoms with Gasteiger partial charge in [-0.2, -0.15) is 0 Å². The molecule has 2 aliphatic rings. The third-order valence-corrected chi connectivity index (χ3v) is 5.03. The zero-order chi connectivity index (χ0) is 19.0. The number of likely N-dealkylation sites (tertiary alicyclic amines) is 1. The number of Topliss-reactive ketones (excluding diaryl/α,β-unsaturated/α-hetero) is 1. The number of ether oxygens (including phenoxy) is 1. The van der Waals surface area contributed by atoms with E-state index >= 15 is 0 Å². The number of nitrogens with one attached hydrogen (secondary N) is 1. The zero-order valence-electron chi connectivity index (χ0n) is 15.1. The molecule has 1 aliphatic heterocycles. The zero-order valence-corrected chi connectivity index (χ0v) is 15.1. The van der Waals surface area contributed by atoms with Crippen LogP contribution in [0, 0.1) is 25.7 Å². The van der Waals surface area contributed by atoms with E-state index in [-0.39, 0.29) is 47.9 Å². The molecule has 1 aliphatic carbocycles. The van der Waals surface area contributed by atoms with Gasteiger partial charge in [-0.05, 0) is 33.6 Å². The topological polar surface area (TPSA) is 96.5 Å². The first-order chi connectivity index (χ1) is 12.4. The summed E-state index contributed by atoms with van der Waals surface area (Å²) in [7, 11) is 0. The molecule has 26 heavy (non-hydrogen) atoms. The molecular weight excluding hydrogens is 336 g/mol. The number of ketones is 1. The Morgan fingerprint density at radius 3 is 2.15 bits per heavy atom. The van der Waals surface area contributed by atoms with Gasteiger partial charge in [0, 0.05) is 11.4 Å². The van der Waals surface area contributed by atoms with Crippen LogP contribution in [0.25, 0.3) is 0 Å². The summed E-state index contributed by atoms with van der Waals surface area (Å²) in [6, 6.07) is 0. The van der Waals surface area contributed by atoms with E-state index in [9.17, 15) is 19.2 Å². The predicted octanol–water partition coefficient (Wildman–Crippen LogP) is 1.94. The molecule has 2 atom stereocenters. The smallest absolute Gasteiger partial charge is 0.340 e. The molecule has 0 bridgehead atoms. The van der Waals surface area contributed by atoms with Gasteiger partial charge in [-0.25, -0.2) is 4.79 Å². The molecule has 1 aromatic heterocycles. The number of carbonyl (C=O) groups is 4. The van der Waals surface area contributed by atoms with Gasteiger partial charge in [-0.3, -0.25) is 19.3 Å². The van der Waals surface area contributed by atoms with Gasteiger partial charge < -0.3 is 9.72 Å². The van der Waals surface area contributed by atoms with Crippen LogP contribution in [-0.4, -0.2) is 46.6 Å². The molecule has 2 amide bonds. The highest BCUT2D eigenvalue weighted by atomic mass is 16.5. The number of fused-ring (bicyclic) bond motifs is 1. The molecule has 1 saturated heterocycles. The predicted molar refractivity (Wildman–Crippen MR) is 92.6 cm³/mol. The first-order valence-electron chi connectivity index (χ1n) is 8.76. The van der Waals surface area contributed by atoms with E-state index < -0.39 is 11.8 Å². The molecule has 2 heterocycles. The van der Waals surface area contributed by atoms with Crippen molar-refractivity contribution in [2.45, 2.75) is 33.6 Å². The Labute approximate surface area is 151 Å². The monoisotopic (exact) mass is 358 g/mol. The minimum Gasteiger partial charge on any atom is -0.462 e. The van der Waals surface area contributed by atoms with Gasteiger partial charge in [0.2, 0.25) is 11.8 Å². The minimum absolute atomic E-state index is 0.174. The lowest BCUT2D eigenvalue weighted by Gasteiger charge is -2.14. The molecule has 1 fully saturated rings. The quantitative estimate of drug-likeness (QED) is 0.375. The van der Waals surface area contributed by atoms with Crippen LogP contribution >= 0.6 is 0 Å². The summed E-state index contributed by atoms with van der Waals surface area (Å²) < 4.78 is 5.04. The Hall–Kier alpha value is -2.70. The Kier molecular flexibility index (Phi) is 4.80. The molecule has 1 aromatic rings. The van der Waals surface area contributed by atoms with Crippen LogP contribution < -0.4 is 0 Å². The lowest BCUT2D eigenvalue weighted by atomic mass is 9.85. The van der Waals surface area contributed by atoms with Gasteiger partial charge in [0.15, 0.2) is 5.78 Å². The Bertz CT molecular complexity index is 794. The number of esters is 1. The molecule has 138 valence electrons. The summed E-state index contributed by atoms with van der Waals surface area (Å²) >= 11 is 0. The summed E-state index contributed by atoms with van der Waals surface area (Å²) in [4.78, 5) is 54.2. The fraction of sp³-hybridized carbons (Fsp3) is 0.474. The average Bonchev–Trinajstić information content (AvgIpc) is 3.04. The van der Waals surface area contributed by atoms with Crippen molar-refractivity contribution in [1.82, 2.24) is 9.88 Å². The van der Waals surface area contributed by atoms with E-state index in [1.165, 1.54) is 0 Å². The van der Waals surface area contributed by atoms with E-state index in [0.29, 0.717) is 24.2 Å². The maximum absolute atomic E-state index is 12.9. The summed E-state index contributed by atoms with van der Waals surface area (Å²) in [5.74, 6) is -2.39. The molecule has 0 saturated carbocycles. The number of imide groups is 1. The number of carbonyl (C=O) groups excluding carboxylic acids is 4. The highest BCUT2D eigenvalue weighted by molar-refractivity contribution is 6.13. The molecular formula is C19H22N2O5. The van der Waals surface area contributed by atoms with Crippen molar-refractivity contribution in [2.75, 3.05) is 13.2 Å². The maximum Gasteiger partial charge on any atom is 0.340 e. The van der Waals surface area contributed by atoms with E-state index in [2.05, 4.69) is 4.98 Å². The number of aromatic nitrogens is 1. The first kappa shape index (κ1) is 18.1. The van der Waals surface area contributed by atoms with Crippen molar-refractivity contribution in [3.05, 3.63) is 34.7 Å². The van der Waals surface area contributed by atoms with Crippen LogP contribution in [0.2, 0.25) is 0 Å². The van der Waals surface area contributed by atoms with Gasteiger partial charge in [-0.15, -0.1) is 0 Å².